The van der Waals surface area contributed by atoms with Crippen molar-refractivity contribution in [3.8, 4) is 0 Å². The smallest absolute Gasteiger partial charge is 0.257 e. The molecule has 1 N–H and O–H groups in total. The molecule has 4 nitrogen and oxygen atoms in total. The first-order chi connectivity index (χ1) is 8.16. The van der Waals surface area contributed by atoms with Gasteiger partial charge in [0.2, 0.25) is 5.91 Å². The van der Waals surface area contributed by atoms with Gasteiger partial charge in [-0.05, 0) is 5.56 Å². The highest BCUT2D eigenvalue weighted by molar-refractivity contribution is 8.23. The molecule has 1 fully saturated rings. The quantitative estimate of drug-likeness (QED) is 0.833. The van der Waals surface area contributed by atoms with Crippen molar-refractivity contribution in [1.82, 2.24) is 10.4 Å². The molecule has 2 amide bonds. The molecule has 1 saturated heterocycles. The third-order valence-electron chi connectivity index (χ3n) is 2.20. The minimum atomic E-state index is -0.241. The molecule has 1 heterocycles. The summed E-state index contributed by atoms with van der Waals surface area (Å²) in [5, 5.41) is 1.14. The molecule has 0 aliphatic carbocycles. The molecule has 1 aliphatic rings. The van der Waals surface area contributed by atoms with Crippen LogP contribution in [-0.4, -0.2) is 26.9 Å². The highest BCUT2D eigenvalue weighted by Crippen LogP contribution is 2.16. The van der Waals surface area contributed by atoms with Crippen LogP contribution in [0.4, 0.5) is 0 Å². The zero-order valence-corrected chi connectivity index (χ0v) is 10.5. The predicted molar refractivity (Wildman–Crippen MR) is 70.2 cm³/mol. The molecular weight excluding hydrogens is 256 g/mol. The number of amides is 2. The molecule has 2 rings (SSSR count). The van der Waals surface area contributed by atoms with E-state index < -0.39 is 0 Å². The fraction of sp³-hybridized carbons (Fsp3) is 0.182. The van der Waals surface area contributed by atoms with Gasteiger partial charge in [0, 0.05) is 0 Å². The number of thioether (sulfide) groups is 1. The molecule has 0 unspecified atom stereocenters. The number of carbonyl (C=O) groups excluding carboxylic acids is 2. The summed E-state index contributed by atoms with van der Waals surface area (Å²) in [5.74, 6) is -0.124. The number of rotatable bonds is 3. The second-order valence-electron chi connectivity index (χ2n) is 3.48. The Morgan fingerprint density at radius 2 is 2.12 bits per heavy atom. The largest absolute Gasteiger partial charge is 0.273 e. The van der Waals surface area contributed by atoms with Crippen LogP contribution in [-0.2, 0) is 16.0 Å². The lowest BCUT2D eigenvalue weighted by atomic mass is 10.1. The SMILES string of the molecule is O=C(Cc1ccccc1)NN1C(=O)CSC1=S. The number of hydrogen-bond donors (Lipinski definition) is 1. The van der Waals surface area contributed by atoms with Crippen LogP contribution in [0.15, 0.2) is 30.3 Å². The lowest BCUT2D eigenvalue weighted by Gasteiger charge is -2.15. The van der Waals surface area contributed by atoms with Crippen LogP contribution in [0.25, 0.3) is 0 Å². The molecule has 0 saturated carbocycles. The molecule has 1 aliphatic heterocycles. The minimum Gasteiger partial charge on any atom is -0.273 e. The van der Waals surface area contributed by atoms with Gasteiger partial charge in [0.25, 0.3) is 5.91 Å². The van der Waals surface area contributed by atoms with Crippen molar-refractivity contribution >= 4 is 40.1 Å². The molecular formula is C11H10N2O2S2. The van der Waals surface area contributed by atoms with Crippen molar-refractivity contribution in [2.45, 2.75) is 6.42 Å². The average Bonchev–Trinajstić information content (AvgIpc) is 2.62. The summed E-state index contributed by atoms with van der Waals surface area (Å²) in [6, 6.07) is 9.34. The lowest BCUT2D eigenvalue weighted by Crippen LogP contribution is -2.45. The first-order valence-electron chi connectivity index (χ1n) is 5.00. The second kappa shape index (κ2) is 5.29. The number of thiocarbonyl (C=S) groups is 1. The van der Waals surface area contributed by atoms with E-state index in [-0.39, 0.29) is 18.2 Å². The van der Waals surface area contributed by atoms with Crippen molar-refractivity contribution in [2.24, 2.45) is 0 Å². The number of hydrazine groups is 1. The van der Waals surface area contributed by atoms with Gasteiger partial charge in [0.05, 0.1) is 12.2 Å². The van der Waals surface area contributed by atoms with Gasteiger partial charge in [-0.1, -0.05) is 54.3 Å². The van der Waals surface area contributed by atoms with E-state index in [9.17, 15) is 9.59 Å². The monoisotopic (exact) mass is 266 g/mol. The van der Waals surface area contributed by atoms with Gasteiger partial charge >= 0.3 is 0 Å². The first-order valence-corrected chi connectivity index (χ1v) is 6.39. The van der Waals surface area contributed by atoms with E-state index in [0.717, 1.165) is 10.6 Å². The Kier molecular flexibility index (Phi) is 3.75. The molecule has 0 radical (unpaired) electrons. The molecule has 0 atom stereocenters. The van der Waals surface area contributed by atoms with Crippen LogP contribution < -0.4 is 5.43 Å². The van der Waals surface area contributed by atoms with Crippen molar-refractivity contribution in [3.63, 3.8) is 0 Å². The van der Waals surface area contributed by atoms with E-state index in [1.54, 1.807) is 0 Å². The summed E-state index contributed by atoms with van der Waals surface area (Å²) < 4.78 is 0.399. The van der Waals surface area contributed by atoms with E-state index in [4.69, 9.17) is 12.2 Å². The average molecular weight is 266 g/mol. The molecule has 17 heavy (non-hydrogen) atoms. The molecule has 88 valence electrons. The van der Waals surface area contributed by atoms with Crippen molar-refractivity contribution in [2.75, 3.05) is 5.75 Å². The molecule has 1 aromatic rings. The Labute approximate surface area is 108 Å². The first kappa shape index (κ1) is 12.1. The maximum absolute atomic E-state index is 11.7. The predicted octanol–water partition coefficient (Wildman–Crippen LogP) is 1.12. The van der Waals surface area contributed by atoms with Gasteiger partial charge in [-0.3, -0.25) is 15.0 Å². The highest BCUT2D eigenvalue weighted by atomic mass is 32.2. The Balaban J connectivity index is 1.94. The number of carbonyl (C=O) groups is 2. The Morgan fingerprint density at radius 1 is 1.41 bits per heavy atom. The Bertz CT molecular complexity index is 446. The van der Waals surface area contributed by atoms with Crippen LogP contribution >= 0.6 is 24.0 Å². The van der Waals surface area contributed by atoms with Crippen molar-refractivity contribution in [3.05, 3.63) is 35.9 Å². The van der Waals surface area contributed by atoms with E-state index >= 15 is 0 Å². The van der Waals surface area contributed by atoms with E-state index in [2.05, 4.69) is 5.43 Å². The normalized spacial score (nSPS) is 15.2. The number of benzene rings is 1. The fourth-order valence-corrected chi connectivity index (χ4v) is 2.38. The van der Waals surface area contributed by atoms with Gasteiger partial charge in [0.15, 0.2) is 4.32 Å². The van der Waals surface area contributed by atoms with E-state index in [1.807, 2.05) is 30.3 Å². The van der Waals surface area contributed by atoms with Gasteiger partial charge in [-0.25, -0.2) is 5.01 Å². The summed E-state index contributed by atoms with van der Waals surface area (Å²) in [7, 11) is 0. The zero-order valence-electron chi connectivity index (χ0n) is 8.88. The zero-order chi connectivity index (χ0) is 12.3. The maximum atomic E-state index is 11.7. The maximum Gasteiger partial charge on any atom is 0.257 e. The van der Waals surface area contributed by atoms with E-state index in [1.165, 1.54) is 11.8 Å². The van der Waals surface area contributed by atoms with Crippen LogP contribution in [0, 0.1) is 0 Å². The third-order valence-corrected chi connectivity index (χ3v) is 3.55. The number of nitrogens with zero attached hydrogens (tertiary/aromatic N) is 1. The van der Waals surface area contributed by atoms with Gasteiger partial charge < -0.3 is 0 Å². The van der Waals surface area contributed by atoms with E-state index in [0.29, 0.717) is 10.1 Å². The van der Waals surface area contributed by atoms with Crippen LogP contribution in [0.5, 0.6) is 0 Å². The van der Waals surface area contributed by atoms with Crippen LogP contribution in [0.3, 0.4) is 0 Å². The van der Waals surface area contributed by atoms with Crippen molar-refractivity contribution in [1.29, 1.82) is 0 Å². The summed E-state index contributed by atoms with van der Waals surface area (Å²) in [6.07, 6.45) is 0.234. The topological polar surface area (TPSA) is 49.4 Å². The summed E-state index contributed by atoms with van der Waals surface area (Å²) in [4.78, 5) is 23.1. The Morgan fingerprint density at radius 3 is 2.71 bits per heavy atom. The second-order valence-corrected chi connectivity index (χ2v) is 5.09. The third kappa shape index (κ3) is 3.04. The van der Waals surface area contributed by atoms with Gasteiger partial charge in [0.1, 0.15) is 0 Å². The number of hydrogen-bond acceptors (Lipinski definition) is 4. The van der Waals surface area contributed by atoms with Gasteiger partial charge in [-0.2, -0.15) is 0 Å². The Hall–Kier alpha value is -1.40. The highest BCUT2D eigenvalue weighted by Gasteiger charge is 2.28. The molecule has 6 heteroatoms. The molecule has 0 aromatic heterocycles. The minimum absolute atomic E-state index is 0.179. The van der Waals surface area contributed by atoms with Crippen molar-refractivity contribution < 1.29 is 9.59 Å². The number of nitrogens with one attached hydrogen (secondary N) is 1. The molecule has 1 aromatic carbocycles. The standard InChI is InChI=1S/C11H10N2O2S2/c14-9(6-8-4-2-1-3-5-8)12-13-10(15)7-17-11(13)16/h1-5H,6-7H2,(H,12,14). The van der Waals surface area contributed by atoms with Crippen LogP contribution in [0.2, 0.25) is 0 Å². The molecule has 0 spiro atoms. The lowest BCUT2D eigenvalue weighted by molar-refractivity contribution is -0.133. The fourth-order valence-electron chi connectivity index (χ4n) is 1.41. The van der Waals surface area contributed by atoms with Crippen LogP contribution in [0.1, 0.15) is 5.56 Å². The molecule has 0 bridgehead atoms. The summed E-state index contributed by atoms with van der Waals surface area (Å²) in [5.41, 5.74) is 3.41. The summed E-state index contributed by atoms with van der Waals surface area (Å²) >= 11 is 6.21. The van der Waals surface area contributed by atoms with Gasteiger partial charge in [-0.15, -0.1) is 0 Å². The summed E-state index contributed by atoms with van der Waals surface area (Å²) in [6.45, 7) is 0.